The Morgan fingerprint density at radius 2 is 1.81 bits per heavy atom. The van der Waals surface area contributed by atoms with Crippen LogP contribution < -0.4 is 10.1 Å². The van der Waals surface area contributed by atoms with Crippen molar-refractivity contribution in [2.45, 2.75) is 45.9 Å². The highest BCUT2D eigenvalue weighted by Crippen LogP contribution is 2.14. The second-order valence-corrected chi connectivity index (χ2v) is 5.60. The summed E-state index contributed by atoms with van der Waals surface area (Å²) in [6.45, 7) is 7.16. The summed E-state index contributed by atoms with van der Waals surface area (Å²) in [5, 5.41) is 11.4. The minimum absolute atomic E-state index is 0.323. The number of alkyl carbamates (subject to hydrolysis) is 1. The van der Waals surface area contributed by atoms with Crippen molar-refractivity contribution in [2.24, 2.45) is 0 Å². The smallest absolute Gasteiger partial charge is 0.407 e. The maximum absolute atomic E-state index is 11.5. The van der Waals surface area contributed by atoms with E-state index in [1.54, 1.807) is 45.0 Å². The largest absolute Gasteiger partial charge is 0.479 e. The van der Waals surface area contributed by atoms with E-state index in [4.69, 9.17) is 14.6 Å². The molecule has 0 aromatic heterocycles. The van der Waals surface area contributed by atoms with Crippen molar-refractivity contribution in [1.82, 2.24) is 5.32 Å². The van der Waals surface area contributed by atoms with E-state index >= 15 is 0 Å². The minimum Gasteiger partial charge on any atom is -0.479 e. The lowest BCUT2D eigenvalue weighted by Crippen LogP contribution is -2.32. The molecule has 0 saturated heterocycles. The maximum atomic E-state index is 11.5. The fraction of sp³-hybridized carbons (Fsp3) is 0.467. The van der Waals surface area contributed by atoms with E-state index in [-0.39, 0.29) is 0 Å². The number of carboxylic acids is 1. The van der Waals surface area contributed by atoms with Gasteiger partial charge in [0.1, 0.15) is 11.4 Å². The molecule has 6 heteroatoms. The summed E-state index contributed by atoms with van der Waals surface area (Å²) >= 11 is 0. The molecular formula is C15H21NO5. The average Bonchev–Trinajstić information content (AvgIpc) is 2.35. The molecule has 0 aliphatic heterocycles. The number of amides is 1. The first-order valence-corrected chi connectivity index (χ1v) is 6.62. The molecule has 0 aliphatic rings. The lowest BCUT2D eigenvalue weighted by Gasteiger charge is -2.19. The third-order valence-electron chi connectivity index (χ3n) is 2.42. The van der Waals surface area contributed by atoms with E-state index in [0.717, 1.165) is 5.56 Å². The van der Waals surface area contributed by atoms with Crippen molar-refractivity contribution in [2.75, 3.05) is 0 Å². The van der Waals surface area contributed by atoms with Gasteiger partial charge in [0.25, 0.3) is 0 Å². The fourth-order valence-corrected chi connectivity index (χ4v) is 1.43. The third-order valence-corrected chi connectivity index (χ3v) is 2.42. The first-order chi connectivity index (χ1) is 9.67. The fourth-order valence-electron chi connectivity index (χ4n) is 1.43. The van der Waals surface area contributed by atoms with Gasteiger partial charge >= 0.3 is 12.1 Å². The maximum Gasteiger partial charge on any atom is 0.407 e. The number of carbonyl (C=O) groups is 2. The second kappa shape index (κ2) is 6.97. The predicted molar refractivity (Wildman–Crippen MR) is 77.2 cm³/mol. The highest BCUT2D eigenvalue weighted by Gasteiger charge is 2.16. The van der Waals surface area contributed by atoms with Gasteiger partial charge in [0, 0.05) is 6.54 Å². The molecule has 0 radical (unpaired) electrons. The summed E-state index contributed by atoms with van der Waals surface area (Å²) < 4.78 is 10.3. The molecule has 0 saturated carbocycles. The Bertz CT molecular complexity index is 490. The number of ether oxygens (including phenoxy) is 2. The number of hydrogen-bond donors (Lipinski definition) is 2. The molecule has 1 atom stereocenters. The Balaban J connectivity index is 2.48. The van der Waals surface area contributed by atoms with Crippen LogP contribution in [0.1, 0.15) is 33.3 Å². The van der Waals surface area contributed by atoms with Gasteiger partial charge in [0.15, 0.2) is 6.10 Å². The van der Waals surface area contributed by atoms with Crippen molar-refractivity contribution in [1.29, 1.82) is 0 Å². The summed E-state index contributed by atoms with van der Waals surface area (Å²) in [6, 6.07) is 6.82. The topological polar surface area (TPSA) is 84.9 Å². The predicted octanol–water partition coefficient (Wildman–Crippen LogP) is 2.56. The molecule has 1 amide bonds. The first-order valence-electron chi connectivity index (χ1n) is 6.62. The third kappa shape index (κ3) is 6.65. The number of carbonyl (C=O) groups excluding carboxylic acids is 1. The van der Waals surface area contributed by atoms with Crippen molar-refractivity contribution in [3.8, 4) is 5.75 Å². The van der Waals surface area contributed by atoms with Crippen molar-refractivity contribution in [3.63, 3.8) is 0 Å². The van der Waals surface area contributed by atoms with Crippen molar-refractivity contribution < 1.29 is 24.2 Å². The van der Waals surface area contributed by atoms with Crippen LogP contribution in [0, 0.1) is 0 Å². The van der Waals surface area contributed by atoms with Crippen molar-refractivity contribution >= 4 is 12.1 Å². The molecule has 116 valence electrons. The first kappa shape index (κ1) is 16.8. The molecule has 1 aromatic carbocycles. The summed E-state index contributed by atoms with van der Waals surface area (Å²) in [5.74, 6) is -0.559. The van der Waals surface area contributed by atoms with Gasteiger partial charge in [-0.1, -0.05) is 12.1 Å². The molecule has 1 unspecified atom stereocenters. The van der Waals surface area contributed by atoms with Gasteiger partial charge < -0.3 is 19.9 Å². The van der Waals surface area contributed by atoms with Gasteiger partial charge in [0.2, 0.25) is 0 Å². The molecule has 21 heavy (non-hydrogen) atoms. The van der Waals surface area contributed by atoms with E-state index in [1.807, 2.05) is 0 Å². The molecule has 0 fully saturated rings. The lowest BCUT2D eigenvalue weighted by molar-refractivity contribution is -0.144. The number of benzene rings is 1. The van der Waals surface area contributed by atoms with Gasteiger partial charge in [0.05, 0.1) is 0 Å². The lowest BCUT2D eigenvalue weighted by atomic mass is 10.2. The summed E-state index contributed by atoms with van der Waals surface area (Å²) in [5.41, 5.74) is 0.325. The van der Waals surface area contributed by atoms with Crippen LogP contribution in [0.5, 0.6) is 5.75 Å². The van der Waals surface area contributed by atoms with Gasteiger partial charge in [-0.3, -0.25) is 0 Å². The minimum atomic E-state index is -1.02. The van der Waals surface area contributed by atoms with Gasteiger partial charge in [-0.05, 0) is 45.4 Å². The van der Waals surface area contributed by atoms with Crippen LogP contribution >= 0.6 is 0 Å². The molecule has 0 spiro atoms. The summed E-state index contributed by atoms with van der Waals surface area (Å²) in [4.78, 5) is 22.2. The van der Waals surface area contributed by atoms with Crippen LogP contribution in [0.2, 0.25) is 0 Å². The zero-order valence-corrected chi connectivity index (χ0v) is 12.7. The number of rotatable bonds is 5. The molecule has 0 heterocycles. The van der Waals surface area contributed by atoms with E-state index in [9.17, 15) is 9.59 Å². The van der Waals surface area contributed by atoms with Crippen LogP contribution in [-0.2, 0) is 16.1 Å². The monoisotopic (exact) mass is 295 g/mol. The van der Waals surface area contributed by atoms with E-state index in [1.165, 1.54) is 6.92 Å². The van der Waals surface area contributed by atoms with E-state index in [2.05, 4.69) is 5.32 Å². The van der Waals surface area contributed by atoms with E-state index < -0.39 is 23.8 Å². The second-order valence-electron chi connectivity index (χ2n) is 5.60. The van der Waals surface area contributed by atoms with E-state index in [0.29, 0.717) is 12.3 Å². The molecule has 6 nitrogen and oxygen atoms in total. The van der Waals surface area contributed by atoms with Crippen LogP contribution in [-0.4, -0.2) is 28.9 Å². The van der Waals surface area contributed by atoms with Crippen LogP contribution in [0.4, 0.5) is 4.79 Å². The van der Waals surface area contributed by atoms with Crippen LogP contribution in [0.3, 0.4) is 0 Å². The quantitative estimate of drug-likeness (QED) is 0.872. The number of carboxylic acid groups (broad SMARTS) is 1. The Kier molecular flexibility index (Phi) is 5.58. The highest BCUT2D eigenvalue weighted by molar-refractivity contribution is 5.72. The van der Waals surface area contributed by atoms with Crippen LogP contribution in [0.25, 0.3) is 0 Å². The molecular weight excluding hydrogens is 274 g/mol. The molecule has 0 aliphatic carbocycles. The van der Waals surface area contributed by atoms with Crippen molar-refractivity contribution in [3.05, 3.63) is 29.8 Å². The number of nitrogens with one attached hydrogen (secondary N) is 1. The summed E-state index contributed by atoms with van der Waals surface area (Å²) in [6.07, 6.45) is -1.39. The molecule has 1 rings (SSSR count). The van der Waals surface area contributed by atoms with Gasteiger partial charge in [-0.15, -0.1) is 0 Å². The van der Waals surface area contributed by atoms with Crippen LogP contribution in [0.15, 0.2) is 24.3 Å². The van der Waals surface area contributed by atoms with Gasteiger partial charge in [-0.25, -0.2) is 9.59 Å². The molecule has 1 aromatic rings. The normalized spacial score (nSPS) is 12.4. The summed E-state index contributed by atoms with van der Waals surface area (Å²) in [7, 11) is 0. The zero-order chi connectivity index (χ0) is 16.0. The number of aliphatic carboxylic acids is 1. The Hall–Kier alpha value is -2.24. The highest BCUT2D eigenvalue weighted by atomic mass is 16.6. The average molecular weight is 295 g/mol. The molecule has 0 bridgehead atoms. The SMILES string of the molecule is CC(Oc1ccc(CNC(=O)OC(C)(C)C)cc1)C(=O)O. The Morgan fingerprint density at radius 3 is 2.29 bits per heavy atom. The Labute approximate surface area is 124 Å². The van der Waals surface area contributed by atoms with Gasteiger partial charge in [-0.2, -0.15) is 0 Å². The Morgan fingerprint density at radius 1 is 1.24 bits per heavy atom. The molecule has 2 N–H and O–H groups in total. The standard InChI is InChI=1S/C15H21NO5/c1-10(13(17)18)20-12-7-5-11(6-8-12)9-16-14(19)21-15(2,3)4/h5-8,10H,9H2,1-4H3,(H,16,19)(H,17,18). The zero-order valence-electron chi connectivity index (χ0n) is 12.7. The number of hydrogen-bond acceptors (Lipinski definition) is 4.